The van der Waals surface area contributed by atoms with Crippen molar-refractivity contribution in [2.75, 3.05) is 39.9 Å². The van der Waals surface area contributed by atoms with Gasteiger partial charge in [-0.25, -0.2) is 0 Å². The molecule has 0 amide bonds. The molecule has 124 valence electrons. The highest BCUT2D eigenvalue weighted by molar-refractivity contribution is 5.33. The van der Waals surface area contributed by atoms with Gasteiger partial charge in [0.2, 0.25) is 0 Å². The van der Waals surface area contributed by atoms with Crippen LogP contribution in [0.3, 0.4) is 0 Å². The number of piperazine rings is 1. The molecular weight excluding hydrogens is 276 g/mol. The Morgan fingerprint density at radius 2 is 2.05 bits per heavy atom. The average Bonchev–Trinajstić information content (AvgIpc) is 2.50. The number of aliphatic hydroxyl groups is 1. The molecule has 1 heterocycles. The Morgan fingerprint density at radius 1 is 1.27 bits per heavy atom. The van der Waals surface area contributed by atoms with Gasteiger partial charge < -0.3 is 9.84 Å². The molecule has 1 aromatic carbocycles. The molecule has 1 aromatic rings. The normalized spacial score (nSPS) is 20.5. The zero-order valence-electron chi connectivity index (χ0n) is 14.2. The molecule has 22 heavy (non-hydrogen) atoms. The number of benzene rings is 1. The topological polar surface area (TPSA) is 35.9 Å². The Kier molecular flexibility index (Phi) is 6.68. The van der Waals surface area contributed by atoms with Crippen LogP contribution in [0.15, 0.2) is 24.3 Å². The first kappa shape index (κ1) is 17.3. The molecule has 1 saturated heterocycles. The summed E-state index contributed by atoms with van der Waals surface area (Å²) >= 11 is 0. The highest BCUT2D eigenvalue weighted by Crippen LogP contribution is 2.22. The summed E-state index contributed by atoms with van der Waals surface area (Å²) in [5, 5.41) is 9.36. The second-order valence-electron chi connectivity index (χ2n) is 6.60. The first-order chi connectivity index (χ1) is 10.6. The van der Waals surface area contributed by atoms with Crippen molar-refractivity contribution < 1.29 is 9.84 Å². The van der Waals surface area contributed by atoms with E-state index in [1.165, 1.54) is 5.56 Å². The van der Waals surface area contributed by atoms with Crippen molar-refractivity contribution in [2.45, 2.75) is 32.9 Å². The molecule has 1 aliphatic heterocycles. The minimum Gasteiger partial charge on any atom is -0.496 e. The van der Waals surface area contributed by atoms with Gasteiger partial charge in [0.1, 0.15) is 5.75 Å². The van der Waals surface area contributed by atoms with Gasteiger partial charge in [-0.1, -0.05) is 32.0 Å². The van der Waals surface area contributed by atoms with Crippen molar-refractivity contribution in [3.05, 3.63) is 29.8 Å². The fraction of sp³-hybridized carbons (Fsp3) is 0.667. The maximum atomic E-state index is 9.36. The third-order valence-electron chi connectivity index (χ3n) is 4.34. The van der Waals surface area contributed by atoms with E-state index in [1.54, 1.807) is 7.11 Å². The fourth-order valence-corrected chi connectivity index (χ4v) is 3.31. The largest absolute Gasteiger partial charge is 0.496 e. The van der Waals surface area contributed by atoms with Crippen LogP contribution >= 0.6 is 0 Å². The molecule has 1 fully saturated rings. The van der Waals surface area contributed by atoms with Crippen LogP contribution in [-0.4, -0.2) is 60.8 Å². The van der Waals surface area contributed by atoms with E-state index < -0.39 is 0 Å². The molecule has 0 radical (unpaired) electrons. The van der Waals surface area contributed by atoms with Gasteiger partial charge >= 0.3 is 0 Å². The lowest BCUT2D eigenvalue weighted by atomic mass is 10.1. The molecule has 0 aromatic heterocycles. The van der Waals surface area contributed by atoms with Crippen LogP contribution in [0.5, 0.6) is 5.75 Å². The van der Waals surface area contributed by atoms with Crippen molar-refractivity contribution in [1.82, 2.24) is 9.80 Å². The second-order valence-corrected chi connectivity index (χ2v) is 6.60. The fourth-order valence-electron chi connectivity index (χ4n) is 3.31. The molecule has 1 atom stereocenters. The Bertz CT molecular complexity index is 450. The van der Waals surface area contributed by atoms with E-state index >= 15 is 0 Å². The van der Waals surface area contributed by atoms with E-state index in [4.69, 9.17) is 4.74 Å². The predicted molar refractivity (Wildman–Crippen MR) is 90.2 cm³/mol. The van der Waals surface area contributed by atoms with Crippen molar-refractivity contribution in [3.63, 3.8) is 0 Å². The summed E-state index contributed by atoms with van der Waals surface area (Å²) in [5.74, 6) is 1.63. The number of ether oxygens (including phenoxy) is 1. The van der Waals surface area contributed by atoms with Crippen LogP contribution in [0.25, 0.3) is 0 Å². The average molecular weight is 306 g/mol. The van der Waals surface area contributed by atoms with E-state index in [-0.39, 0.29) is 6.61 Å². The summed E-state index contributed by atoms with van der Waals surface area (Å²) in [6.07, 6.45) is 0.856. The third-order valence-corrected chi connectivity index (χ3v) is 4.34. The lowest BCUT2D eigenvalue weighted by Gasteiger charge is -2.42. The van der Waals surface area contributed by atoms with Gasteiger partial charge in [0.15, 0.2) is 0 Å². The molecule has 2 rings (SSSR count). The number of nitrogens with zero attached hydrogens (tertiary/aromatic N) is 2. The molecule has 0 spiro atoms. The Labute approximate surface area is 134 Å². The van der Waals surface area contributed by atoms with Crippen molar-refractivity contribution in [3.8, 4) is 5.75 Å². The smallest absolute Gasteiger partial charge is 0.123 e. The predicted octanol–water partition coefficient (Wildman–Crippen LogP) is 2.22. The molecule has 4 heteroatoms. The Morgan fingerprint density at radius 3 is 2.73 bits per heavy atom. The van der Waals surface area contributed by atoms with E-state index in [9.17, 15) is 5.11 Å². The highest BCUT2D eigenvalue weighted by atomic mass is 16.5. The van der Waals surface area contributed by atoms with Gasteiger partial charge in [-0.05, 0) is 18.4 Å². The maximum absolute atomic E-state index is 9.36. The highest BCUT2D eigenvalue weighted by Gasteiger charge is 2.27. The third kappa shape index (κ3) is 4.70. The van der Waals surface area contributed by atoms with E-state index in [0.29, 0.717) is 12.0 Å². The van der Waals surface area contributed by atoms with Crippen LogP contribution in [0.1, 0.15) is 25.8 Å². The standard InChI is InChI=1S/C18H30N2O2/c1-15(2)12-20-10-9-19(14-17(20)8-11-21)13-16-6-4-5-7-18(16)22-3/h4-7,15,17,21H,8-14H2,1-3H3/t17-/m0/s1. The van der Waals surface area contributed by atoms with Gasteiger partial charge in [0.25, 0.3) is 0 Å². The van der Waals surface area contributed by atoms with E-state index in [2.05, 4.69) is 35.8 Å². The summed E-state index contributed by atoms with van der Waals surface area (Å²) in [6.45, 7) is 10.0. The molecule has 0 aliphatic carbocycles. The summed E-state index contributed by atoms with van der Waals surface area (Å²) in [6, 6.07) is 8.70. The number of rotatable bonds is 7. The van der Waals surface area contributed by atoms with Crippen LogP contribution in [0.4, 0.5) is 0 Å². The number of hydrogen-bond acceptors (Lipinski definition) is 4. The number of para-hydroxylation sites is 1. The second kappa shape index (κ2) is 8.51. The number of hydrogen-bond donors (Lipinski definition) is 1. The van der Waals surface area contributed by atoms with Crippen LogP contribution in [0, 0.1) is 5.92 Å². The monoisotopic (exact) mass is 306 g/mol. The lowest BCUT2D eigenvalue weighted by molar-refractivity contribution is 0.0473. The lowest BCUT2D eigenvalue weighted by Crippen LogP contribution is -2.53. The summed E-state index contributed by atoms with van der Waals surface area (Å²) in [4.78, 5) is 5.02. The summed E-state index contributed by atoms with van der Waals surface area (Å²) in [5.41, 5.74) is 1.24. The van der Waals surface area contributed by atoms with E-state index in [1.807, 2.05) is 12.1 Å². The van der Waals surface area contributed by atoms with Crippen LogP contribution in [0.2, 0.25) is 0 Å². The molecule has 1 N–H and O–H groups in total. The van der Waals surface area contributed by atoms with Gasteiger partial charge in [0.05, 0.1) is 7.11 Å². The van der Waals surface area contributed by atoms with E-state index in [0.717, 1.165) is 44.9 Å². The Hall–Kier alpha value is -1.10. The van der Waals surface area contributed by atoms with Gasteiger partial charge in [-0.2, -0.15) is 0 Å². The molecule has 0 unspecified atom stereocenters. The minimum absolute atomic E-state index is 0.266. The number of aliphatic hydroxyl groups excluding tert-OH is 1. The minimum atomic E-state index is 0.266. The number of methoxy groups -OCH3 is 1. The zero-order chi connectivity index (χ0) is 15.9. The van der Waals surface area contributed by atoms with Gasteiger partial charge in [0, 0.05) is 50.9 Å². The first-order valence-corrected chi connectivity index (χ1v) is 8.33. The summed E-state index contributed by atoms with van der Waals surface area (Å²) < 4.78 is 5.46. The molecular formula is C18H30N2O2. The molecule has 0 saturated carbocycles. The first-order valence-electron chi connectivity index (χ1n) is 8.33. The van der Waals surface area contributed by atoms with Crippen LogP contribution in [-0.2, 0) is 6.54 Å². The maximum Gasteiger partial charge on any atom is 0.123 e. The van der Waals surface area contributed by atoms with Crippen LogP contribution < -0.4 is 4.74 Å². The Balaban J connectivity index is 1.99. The van der Waals surface area contributed by atoms with Crippen molar-refractivity contribution >= 4 is 0 Å². The molecule has 0 bridgehead atoms. The molecule has 1 aliphatic rings. The summed E-state index contributed by atoms with van der Waals surface area (Å²) in [7, 11) is 1.73. The molecule has 4 nitrogen and oxygen atoms in total. The van der Waals surface area contributed by atoms with Gasteiger partial charge in [-0.15, -0.1) is 0 Å². The van der Waals surface area contributed by atoms with Gasteiger partial charge in [-0.3, -0.25) is 9.80 Å². The SMILES string of the molecule is COc1ccccc1CN1CCN(CC(C)C)[C@@H](CCO)C1. The quantitative estimate of drug-likeness (QED) is 0.838. The van der Waals surface area contributed by atoms with Crippen molar-refractivity contribution in [2.24, 2.45) is 5.92 Å². The zero-order valence-corrected chi connectivity index (χ0v) is 14.2. The van der Waals surface area contributed by atoms with Crippen molar-refractivity contribution in [1.29, 1.82) is 0 Å².